The first-order chi connectivity index (χ1) is 8.78. The van der Waals surface area contributed by atoms with Crippen molar-refractivity contribution in [3.63, 3.8) is 0 Å². The van der Waals surface area contributed by atoms with Gasteiger partial charge in [-0.1, -0.05) is 6.07 Å². The van der Waals surface area contributed by atoms with Crippen molar-refractivity contribution in [3.05, 3.63) is 52.0 Å². The lowest BCUT2D eigenvalue weighted by molar-refractivity contribution is 0.321. The molecule has 96 valence electrons. The minimum atomic E-state index is -0.271. The molecular weight excluding hydrogens is 249 g/mol. The predicted molar refractivity (Wildman–Crippen MR) is 72.7 cm³/mol. The highest BCUT2D eigenvalue weighted by Crippen LogP contribution is 2.17. The third kappa shape index (κ3) is 3.82. The average Bonchev–Trinajstić information content (AvgIpc) is 2.82. The summed E-state index contributed by atoms with van der Waals surface area (Å²) in [4.78, 5) is 1.27. The van der Waals surface area contributed by atoms with Crippen molar-refractivity contribution >= 4 is 11.3 Å². The summed E-state index contributed by atoms with van der Waals surface area (Å²) in [5.41, 5.74) is 6.34. The molecule has 0 saturated heterocycles. The van der Waals surface area contributed by atoms with Crippen LogP contribution in [0.25, 0.3) is 0 Å². The van der Waals surface area contributed by atoms with Crippen LogP contribution < -0.4 is 10.5 Å². The van der Waals surface area contributed by atoms with Crippen LogP contribution in [0, 0.1) is 5.82 Å². The van der Waals surface area contributed by atoms with Crippen molar-refractivity contribution in [2.75, 3.05) is 13.2 Å². The van der Waals surface area contributed by atoms with Gasteiger partial charge in [-0.15, -0.1) is 11.3 Å². The van der Waals surface area contributed by atoms with Crippen molar-refractivity contribution in [1.29, 1.82) is 0 Å². The van der Waals surface area contributed by atoms with Crippen LogP contribution in [-0.2, 0) is 12.8 Å². The Hall–Kier alpha value is -1.39. The highest BCUT2D eigenvalue weighted by Gasteiger charge is 2.02. The molecule has 0 radical (unpaired) electrons. The summed E-state index contributed by atoms with van der Waals surface area (Å²) in [6.07, 6.45) is 1.51. The van der Waals surface area contributed by atoms with E-state index >= 15 is 0 Å². The number of hydrogen-bond acceptors (Lipinski definition) is 3. The van der Waals surface area contributed by atoms with Crippen LogP contribution in [0.15, 0.2) is 35.7 Å². The van der Waals surface area contributed by atoms with Gasteiger partial charge in [0.25, 0.3) is 0 Å². The topological polar surface area (TPSA) is 35.2 Å². The zero-order valence-corrected chi connectivity index (χ0v) is 10.9. The monoisotopic (exact) mass is 265 g/mol. The fraction of sp³-hybridized carbons (Fsp3) is 0.286. The van der Waals surface area contributed by atoms with E-state index in [0.29, 0.717) is 25.3 Å². The van der Waals surface area contributed by atoms with Gasteiger partial charge in [-0.05, 0) is 42.1 Å². The minimum absolute atomic E-state index is 0.271. The molecule has 0 spiro atoms. The van der Waals surface area contributed by atoms with E-state index in [0.717, 1.165) is 12.0 Å². The summed E-state index contributed by atoms with van der Waals surface area (Å²) in [6, 6.07) is 8.85. The Morgan fingerprint density at radius 1 is 1.22 bits per heavy atom. The average molecular weight is 265 g/mol. The number of thiophene rings is 1. The molecule has 2 N–H and O–H groups in total. The standard InChI is InChI=1S/C14H16FNOS/c15-12-8-11(3-5-16)9-13(10-12)17-6-4-14-2-1-7-18-14/h1-2,7-10H,3-6,16H2. The SMILES string of the molecule is NCCc1cc(F)cc(OCCc2cccs2)c1. The van der Waals surface area contributed by atoms with Gasteiger partial charge in [0.15, 0.2) is 0 Å². The largest absolute Gasteiger partial charge is 0.493 e. The molecule has 0 atom stereocenters. The molecule has 0 unspecified atom stereocenters. The summed E-state index contributed by atoms with van der Waals surface area (Å²) in [5, 5.41) is 2.04. The zero-order valence-electron chi connectivity index (χ0n) is 10.1. The van der Waals surface area contributed by atoms with Gasteiger partial charge in [-0.25, -0.2) is 4.39 Å². The van der Waals surface area contributed by atoms with E-state index < -0.39 is 0 Å². The van der Waals surface area contributed by atoms with Crippen LogP contribution in [0.5, 0.6) is 5.75 Å². The molecule has 1 aromatic heterocycles. The molecule has 0 aliphatic rings. The van der Waals surface area contributed by atoms with Gasteiger partial charge < -0.3 is 10.5 Å². The number of halogens is 1. The number of rotatable bonds is 6. The smallest absolute Gasteiger partial charge is 0.127 e. The van der Waals surface area contributed by atoms with Gasteiger partial charge in [-0.3, -0.25) is 0 Å². The quantitative estimate of drug-likeness (QED) is 0.871. The van der Waals surface area contributed by atoms with E-state index in [1.807, 2.05) is 17.5 Å². The van der Waals surface area contributed by atoms with E-state index in [4.69, 9.17) is 10.5 Å². The lowest BCUT2D eigenvalue weighted by Gasteiger charge is -2.07. The molecule has 2 rings (SSSR count). The Bertz CT molecular complexity index is 485. The molecule has 4 heteroatoms. The van der Waals surface area contributed by atoms with Gasteiger partial charge in [0.2, 0.25) is 0 Å². The first-order valence-electron chi connectivity index (χ1n) is 5.92. The van der Waals surface area contributed by atoms with Crippen LogP contribution in [0.3, 0.4) is 0 Å². The Kier molecular flexibility index (Phi) is 4.73. The van der Waals surface area contributed by atoms with Gasteiger partial charge >= 0.3 is 0 Å². The highest BCUT2D eigenvalue weighted by molar-refractivity contribution is 7.09. The second kappa shape index (κ2) is 6.52. The summed E-state index contributed by atoms with van der Waals surface area (Å²) in [7, 11) is 0. The molecule has 0 aliphatic heterocycles. The van der Waals surface area contributed by atoms with E-state index in [9.17, 15) is 4.39 Å². The Morgan fingerprint density at radius 3 is 2.83 bits per heavy atom. The molecule has 1 heterocycles. The number of ether oxygens (including phenoxy) is 1. The zero-order chi connectivity index (χ0) is 12.8. The van der Waals surface area contributed by atoms with Crippen molar-refractivity contribution in [3.8, 4) is 5.75 Å². The van der Waals surface area contributed by atoms with Crippen LogP contribution in [0.1, 0.15) is 10.4 Å². The van der Waals surface area contributed by atoms with E-state index in [2.05, 4.69) is 6.07 Å². The van der Waals surface area contributed by atoms with Crippen molar-refractivity contribution in [2.45, 2.75) is 12.8 Å². The molecular formula is C14H16FNOS. The van der Waals surface area contributed by atoms with Crippen LogP contribution in [0.2, 0.25) is 0 Å². The van der Waals surface area contributed by atoms with Gasteiger partial charge in [0.05, 0.1) is 6.61 Å². The maximum atomic E-state index is 13.3. The molecule has 0 amide bonds. The molecule has 18 heavy (non-hydrogen) atoms. The van der Waals surface area contributed by atoms with Gasteiger partial charge in [0.1, 0.15) is 11.6 Å². The summed E-state index contributed by atoms with van der Waals surface area (Å²) < 4.78 is 18.9. The predicted octanol–water partition coefficient (Wildman–Crippen LogP) is 3.01. The lowest BCUT2D eigenvalue weighted by atomic mass is 10.1. The Balaban J connectivity index is 1.92. The second-order valence-corrected chi connectivity index (χ2v) is 5.04. The minimum Gasteiger partial charge on any atom is -0.493 e. The third-order valence-electron chi connectivity index (χ3n) is 2.56. The first-order valence-corrected chi connectivity index (χ1v) is 6.80. The van der Waals surface area contributed by atoms with E-state index in [1.165, 1.54) is 17.0 Å². The number of nitrogens with two attached hydrogens (primary N) is 1. The van der Waals surface area contributed by atoms with Crippen LogP contribution >= 0.6 is 11.3 Å². The summed E-state index contributed by atoms with van der Waals surface area (Å²) in [6.45, 7) is 1.07. The number of hydrogen-bond donors (Lipinski definition) is 1. The van der Waals surface area contributed by atoms with Crippen molar-refractivity contribution in [1.82, 2.24) is 0 Å². The molecule has 2 aromatic rings. The van der Waals surface area contributed by atoms with Gasteiger partial charge in [-0.2, -0.15) is 0 Å². The van der Waals surface area contributed by atoms with E-state index in [-0.39, 0.29) is 5.82 Å². The Morgan fingerprint density at radius 2 is 2.11 bits per heavy atom. The lowest BCUT2D eigenvalue weighted by Crippen LogP contribution is -2.04. The Labute approximate surface area is 110 Å². The molecule has 0 bridgehead atoms. The normalized spacial score (nSPS) is 10.6. The summed E-state index contributed by atoms with van der Waals surface area (Å²) in [5.74, 6) is 0.307. The van der Waals surface area contributed by atoms with Crippen LogP contribution in [-0.4, -0.2) is 13.2 Å². The molecule has 1 aromatic carbocycles. The molecule has 0 aliphatic carbocycles. The second-order valence-electron chi connectivity index (χ2n) is 4.01. The fourth-order valence-corrected chi connectivity index (χ4v) is 2.43. The van der Waals surface area contributed by atoms with Gasteiger partial charge in [0, 0.05) is 17.4 Å². The maximum absolute atomic E-state index is 13.3. The molecule has 0 saturated carbocycles. The van der Waals surface area contributed by atoms with E-state index in [1.54, 1.807) is 11.3 Å². The molecule has 2 nitrogen and oxygen atoms in total. The van der Waals surface area contributed by atoms with Crippen LogP contribution in [0.4, 0.5) is 4.39 Å². The first kappa shape index (κ1) is 13.1. The third-order valence-corrected chi connectivity index (χ3v) is 3.50. The number of benzene rings is 1. The highest BCUT2D eigenvalue weighted by atomic mass is 32.1. The maximum Gasteiger partial charge on any atom is 0.127 e. The summed E-state index contributed by atoms with van der Waals surface area (Å²) >= 11 is 1.70. The molecule has 0 fully saturated rings. The fourth-order valence-electron chi connectivity index (χ4n) is 1.74. The van der Waals surface area contributed by atoms with Crippen molar-refractivity contribution < 1.29 is 9.13 Å². The van der Waals surface area contributed by atoms with Crippen molar-refractivity contribution in [2.24, 2.45) is 5.73 Å².